The molecule has 0 heterocycles. The minimum atomic E-state index is -1.61. The maximum Gasteiger partial charge on any atom is 0.332 e. The molecule has 0 unspecified atom stereocenters. The summed E-state index contributed by atoms with van der Waals surface area (Å²) in [6.45, 7) is 0. The molecule has 0 fully saturated rings. The highest BCUT2D eigenvalue weighted by atomic mass is 19.1. The Morgan fingerprint density at radius 3 is 2.45 bits per heavy atom. The Hall–Kier alpha value is -1.51. The second-order valence-electron chi connectivity index (χ2n) is 1.92. The maximum atomic E-state index is 12.1. The van der Waals surface area contributed by atoms with Crippen LogP contribution < -0.4 is 0 Å². The molecule has 1 aromatic carbocycles. The lowest BCUT2D eigenvalue weighted by atomic mass is 10.1. The summed E-state index contributed by atoms with van der Waals surface area (Å²) in [6, 6.07) is 3.98. The van der Waals surface area contributed by atoms with Crippen LogP contribution in [0, 0.1) is 0 Å². The van der Waals surface area contributed by atoms with Crippen LogP contribution in [-0.2, 0) is 4.79 Å². The van der Waals surface area contributed by atoms with Gasteiger partial charge in [0.05, 0.1) is 5.56 Å². The minimum absolute atomic E-state index is 0.0417. The molecule has 0 aromatic heterocycles. The van der Waals surface area contributed by atoms with E-state index in [4.69, 9.17) is 0 Å². The first-order chi connectivity index (χ1) is 5.25. The molecule has 0 saturated heterocycles. The van der Waals surface area contributed by atoms with Gasteiger partial charge in [0.1, 0.15) is 0 Å². The van der Waals surface area contributed by atoms with E-state index in [0.29, 0.717) is 0 Å². The van der Waals surface area contributed by atoms with E-state index in [9.17, 15) is 14.0 Å². The average molecular weight is 151 g/mol. The molecule has 11 heavy (non-hydrogen) atoms. The largest absolute Gasteiger partial charge is 0.332 e. The Kier molecular flexibility index (Phi) is 2.11. The summed E-state index contributed by atoms with van der Waals surface area (Å²) in [4.78, 5) is 20.3. The Labute approximate surface area is 62.6 Å². The van der Waals surface area contributed by atoms with Crippen molar-refractivity contribution in [2.75, 3.05) is 0 Å². The van der Waals surface area contributed by atoms with Crippen LogP contribution >= 0.6 is 0 Å². The lowest BCUT2D eigenvalue weighted by Crippen LogP contribution is -1.95. The van der Waals surface area contributed by atoms with Gasteiger partial charge >= 0.3 is 6.04 Å². The van der Waals surface area contributed by atoms with Crippen molar-refractivity contribution in [3.8, 4) is 0 Å². The van der Waals surface area contributed by atoms with E-state index in [1.807, 2.05) is 0 Å². The monoisotopic (exact) mass is 151 g/mol. The molecule has 0 saturated carbocycles. The van der Waals surface area contributed by atoms with Gasteiger partial charge in [-0.3, -0.25) is 9.59 Å². The van der Waals surface area contributed by atoms with Crippen molar-refractivity contribution in [2.24, 2.45) is 0 Å². The normalized spacial score (nSPS) is 9.18. The number of halogens is 1. The fraction of sp³-hybridized carbons (Fsp3) is 0. The van der Waals surface area contributed by atoms with Crippen LogP contribution in [0.4, 0.5) is 4.39 Å². The third-order valence-electron chi connectivity index (χ3n) is 1.25. The van der Waals surface area contributed by atoms with Gasteiger partial charge in [-0.2, -0.15) is 4.39 Å². The summed E-state index contributed by atoms with van der Waals surface area (Å²) in [5.74, 6) is 0. The number of rotatable bonds is 2. The van der Waals surface area contributed by atoms with E-state index < -0.39 is 6.04 Å². The van der Waals surface area contributed by atoms with E-state index in [1.54, 1.807) is 0 Å². The van der Waals surface area contributed by atoms with Gasteiger partial charge in [-0.25, -0.2) is 0 Å². The van der Waals surface area contributed by atoms with Crippen molar-refractivity contribution in [3.63, 3.8) is 0 Å². The van der Waals surface area contributed by atoms with Crippen molar-refractivity contribution in [3.05, 3.63) is 35.4 Å². The highest BCUT2D eigenvalue weighted by Gasteiger charge is 2.08. The van der Waals surface area contributed by atoms with Crippen molar-refractivity contribution in [2.45, 2.75) is 0 Å². The number of benzene rings is 1. The molecular weight excluding hydrogens is 147 g/mol. The zero-order chi connectivity index (χ0) is 8.27. The first-order valence-electron chi connectivity index (χ1n) is 2.92. The quantitative estimate of drug-likeness (QED) is 0.596. The minimum Gasteiger partial charge on any atom is -0.285 e. The third-order valence-corrected chi connectivity index (χ3v) is 1.25. The molecule has 0 aliphatic heterocycles. The predicted octanol–water partition coefficient (Wildman–Crippen LogP) is 1.25. The van der Waals surface area contributed by atoms with Crippen molar-refractivity contribution in [1.29, 1.82) is 0 Å². The SMILES string of the molecule is O=[C]c1ccccc1C(=O)F. The van der Waals surface area contributed by atoms with Crippen LogP contribution in [-0.4, -0.2) is 12.3 Å². The second kappa shape index (κ2) is 3.05. The zero-order valence-electron chi connectivity index (χ0n) is 5.50. The average Bonchev–Trinajstić information content (AvgIpc) is 2.04. The molecule has 0 aliphatic rings. The number of carbonyl (C=O) groups is 1. The number of carbonyl (C=O) groups excluding carboxylic acids is 2. The summed E-state index contributed by atoms with van der Waals surface area (Å²) in [7, 11) is 0. The Balaban J connectivity index is 3.22. The molecule has 1 aromatic rings. The van der Waals surface area contributed by atoms with Crippen LogP contribution in [0.1, 0.15) is 15.9 Å². The molecule has 0 spiro atoms. The summed E-state index contributed by atoms with van der Waals surface area (Å²) in [5, 5.41) is 0. The van der Waals surface area contributed by atoms with Crippen molar-refractivity contribution >= 4 is 12.3 Å². The van der Waals surface area contributed by atoms with Crippen molar-refractivity contribution in [1.82, 2.24) is 0 Å². The molecule has 3 heteroatoms. The van der Waals surface area contributed by atoms with E-state index in [-0.39, 0.29) is 11.1 Å². The molecule has 0 N–H and O–H groups in total. The summed E-state index contributed by atoms with van der Waals surface area (Å²) in [6.07, 6.45) is 1.47. The van der Waals surface area contributed by atoms with Crippen LogP contribution in [0.2, 0.25) is 0 Å². The fourth-order valence-corrected chi connectivity index (χ4v) is 0.744. The van der Waals surface area contributed by atoms with Gasteiger partial charge in [0, 0.05) is 5.56 Å². The molecule has 0 amide bonds. The molecule has 2 nitrogen and oxygen atoms in total. The lowest BCUT2D eigenvalue weighted by molar-refractivity contribution is 0.0835. The lowest BCUT2D eigenvalue weighted by Gasteiger charge is -1.93. The second-order valence-corrected chi connectivity index (χ2v) is 1.92. The first kappa shape index (κ1) is 7.60. The zero-order valence-corrected chi connectivity index (χ0v) is 5.50. The summed E-state index contributed by atoms with van der Waals surface area (Å²) < 4.78 is 12.1. The van der Waals surface area contributed by atoms with Gasteiger partial charge in [0.15, 0.2) is 0 Å². The smallest absolute Gasteiger partial charge is 0.285 e. The molecule has 1 radical (unpaired) electrons. The fourth-order valence-electron chi connectivity index (χ4n) is 0.744. The Morgan fingerprint density at radius 1 is 1.36 bits per heavy atom. The van der Waals surface area contributed by atoms with Gasteiger partial charge in [-0.1, -0.05) is 18.2 Å². The van der Waals surface area contributed by atoms with E-state index in [2.05, 4.69) is 0 Å². The Bertz CT molecular complexity index is 294. The standard InChI is InChI=1S/C8H4FO2/c9-8(11)7-4-2-1-3-6(7)5-10/h1-4H. The molecule has 0 bridgehead atoms. The van der Waals surface area contributed by atoms with Crippen LogP contribution in [0.15, 0.2) is 24.3 Å². The molecule has 55 valence electrons. The van der Waals surface area contributed by atoms with Crippen LogP contribution in [0.3, 0.4) is 0 Å². The van der Waals surface area contributed by atoms with Gasteiger partial charge in [-0.05, 0) is 6.07 Å². The van der Waals surface area contributed by atoms with Gasteiger partial charge in [0.25, 0.3) is 0 Å². The van der Waals surface area contributed by atoms with E-state index in [1.165, 1.54) is 30.6 Å². The maximum absolute atomic E-state index is 12.1. The van der Waals surface area contributed by atoms with Crippen LogP contribution in [0.5, 0.6) is 0 Å². The molecule has 1 rings (SSSR count). The first-order valence-corrected chi connectivity index (χ1v) is 2.92. The molecule has 0 atom stereocenters. The number of hydrogen-bond donors (Lipinski definition) is 0. The van der Waals surface area contributed by atoms with E-state index in [0.717, 1.165) is 0 Å². The summed E-state index contributed by atoms with van der Waals surface area (Å²) in [5.41, 5.74) is -0.275. The van der Waals surface area contributed by atoms with Gasteiger partial charge in [-0.15, -0.1) is 0 Å². The van der Waals surface area contributed by atoms with Crippen molar-refractivity contribution < 1.29 is 14.0 Å². The van der Waals surface area contributed by atoms with Gasteiger partial charge < -0.3 is 0 Å². The molecule has 0 aliphatic carbocycles. The third kappa shape index (κ3) is 1.49. The van der Waals surface area contributed by atoms with Gasteiger partial charge in [0.2, 0.25) is 6.29 Å². The summed E-state index contributed by atoms with van der Waals surface area (Å²) >= 11 is 0. The molecular formula is C8H4FO2. The number of hydrogen-bond acceptors (Lipinski definition) is 2. The van der Waals surface area contributed by atoms with E-state index >= 15 is 0 Å². The predicted molar refractivity (Wildman–Crippen MR) is 36.7 cm³/mol. The Morgan fingerprint density at radius 2 is 2.00 bits per heavy atom. The topological polar surface area (TPSA) is 34.1 Å². The highest BCUT2D eigenvalue weighted by molar-refractivity contribution is 5.97. The van der Waals surface area contributed by atoms with Crippen LogP contribution in [0.25, 0.3) is 0 Å². The highest BCUT2D eigenvalue weighted by Crippen LogP contribution is 2.06.